The number of thiazole rings is 1. The molecule has 0 fully saturated rings. The van der Waals surface area contributed by atoms with Crippen molar-refractivity contribution in [2.24, 2.45) is 5.73 Å². The average molecular weight is 280 g/mol. The van der Waals surface area contributed by atoms with E-state index in [9.17, 15) is 0 Å². The Morgan fingerprint density at radius 1 is 1.17 bits per heavy atom. The van der Waals surface area contributed by atoms with Gasteiger partial charge in [-0.25, -0.2) is 4.98 Å². The molecule has 0 aliphatic rings. The Hall–Kier alpha value is -0.710. The van der Waals surface area contributed by atoms with Gasteiger partial charge in [-0.05, 0) is 25.3 Å². The summed E-state index contributed by atoms with van der Waals surface area (Å²) in [6.45, 7) is 10.7. The third-order valence-corrected chi connectivity index (χ3v) is 5.09. The molecule has 0 bridgehead atoms. The van der Waals surface area contributed by atoms with Gasteiger partial charge in [0, 0.05) is 15.8 Å². The highest BCUT2D eigenvalue weighted by atomic mass is 32.1. The molecule has 98 valence electrons. The normalized spacial score (nSPS) is 13.0. The van der Waals surface area contributed by atoms with Crippen LogP contribution in [0.2, 0.25) is 0 Å². The summed E-state index contributed by atoms with van der Waals surface area (Å²) in [5.41, 5.74) is 7.11. The molecular formula is C14H20N2S2. The lowest BCUT2D eigenvalue weighted by Gasteiger charge is -2.24. The van der Waals surface area contributed by atoms with Gasteiger partial charge >= 0.3 is 0 Å². The minimum Gasteiger partial charge on any atom is -0.321 e. The third kappa shape index (κ3) is 2.66. The first kappa shape index (κ1) is 13.7. The van der Waals surface area contributed by atoms with E-state index < -0.39 is 0 Å². The first-order valence-corrected chi connectivity index (χ1v) is 7.74. The second-order valence-electron chi connectivity index (χ2n) is 6.15. The van der Waals surface area contributed by atoms with Gasteiger partial charge in [0.25, 0.3) is 0 Å². The smallest absolute Gasteiger partial charge is 0.133 e. The molecule has 0 saturated carbocycles. The molecule has 0 aromatic carbocycles. The van der Waals surface area contributed by atoms with E-state index in [0.29, 0.717) is 0 Å². The number of nitrogens with zero attached hydrogens (tertiary/aromatic N) is 1. The van der Waals surface area contributed by atoms with Crippen LogP contribution in [0.3, 0.4) is 0 Å². The Kier molecular flexibility index (Phi) is 3.38. The van der Waals surface area contributed by atoms with E-state index in [1.54, 1.807) is 22.7 Å². The first-order chi connectivity index (χ1) is 8.19. The van der Waals surface area contributed by atoms with Crippen LogP contribution in [-0.2, 0) is 11.0 Å². The van der Waals surface area contributed by atoms with Gasteiger partial charge in [0.05, 0.1) is 10.6 Å². The number of hydrogen-bond donors (Lipinski definition) is 1. The number of aromatic nitrogens is 1. The predicted octanol–water partition coefficient (Wildman–Crippen LogP) is 4.36. The Morgan fingerprint density at radius 3 is 2.22 bits per heavy atom. The SMILES string of the molecule is CC(C)(C)c1nc(-c2cccs2)sc1C(C)(C)N. The van der Waals surface area contributed by atoms with E-state index in [1.807, 2.05) is 13.8 Å². The van der Waals surface area contributed by atoms with Gasteiger partial charge in [-0.1, -0.05) is 26.8 Å². The monoisotopic (exact) mass is 280 g/mol. The Labute approximate surface area is 117 Å². The standard InChI is InChI=1S/C14H20N2S2/c1-13(2,3)10-11(14(4,5)15)18-12(16-10)9-7-6-8-17-9/h6-8H,15H2,1-5H3. The fourth-order valence-electron chi connectivity index (χ4n) is 1.77. The van der Waals surface area contributed by atoms with Crippen molar-refractivity contribution in [1.82, 2.24) is 4.98 Å². The van der Waals surface area contributed by atoms with Crippen molar-refractivity contribution in [2.45, 2.75) is 45.6 Å². The van der Waals surface area contributed by atoms with E-state index in [2.05, 4.69) is 38.3 Å². The molecule has 2 nitrogen and oxygen atoms in total. The average Bonchev–Trinajstić information content (AvgIpc) is 2.84. The van der Waals surface area contributed by atoms with Crippen molar-refractivity contribution in [2.75, 3.05) is 0 Å². The van der Waals surface area contributed by atoms with E-state index in [1.165, 1.54) is 9.75 Å². The molecular weight excluding hydrogens is 260 g/mol. The Bertz CT molecular complexity index is 494. The minimum absolute atomic E-state index is 0.0258. The van der Waals surface area contributed by atoms with Gasteiger partial charge in [-0.2, -0.15) is 0 Å². The van der Waals surface area contributed by atoms with Crippen LogP contribution in [0.4, 0.5) is 0 Å². The van der Waals surface area contributed by atoms with Crippen LogP contribution in [0.1, 0.15) is 45.2 Å². The molecule has 0 aliphatic heterocycles. The summed E-state index contributed by atoms with van der Waals surface area (Å²) in [7, 11) is 0. The molecule has 2 heterocycles. The van der Waals surface area contributed by atoms with Crippen LogP contribution in [0.25, 0.3) is 9.88 Å². The van der Waals surface area contributed by atoms with Crippen molar-refractivity contribution in [1.29, 1.82) is 0 Å². The molecule has 0 radical (unpaired) electrons. The molecule has 2 N–H and O–H groups in total. The molecule has 4 heteroatoms. The van der Waals surface area contributed by atoms with Crippen LogP contribution < -0.4 is 5.73 Å². The lowest BCUT2D eigenvalue weighted by atomic mass is 9.87. The lowest BCUT2D eigenvalue weighted by molar-refractivity contribution is 0.512. The van der Waals surface area contributed by atoms with Crippen LogP contribution in [-0.4, -0.2) is 4.98 Å². The van der Waals surface area contributed by atoms with Gasteiger partial charge in [0.2, 0.25) is 0 Å². The quantitative estimate of drug-likeness (QED) is 0.887. The Morgan fingerprint density at radius 2 is 1.83 bits per heavy atom. The molecule has 0 amide bonds. The Balaban J connectivity index is 2.59. The topological polar surface area (TPSA) is 38.9 Å². The van der Waals surface area contributed by atoms with E-state index in [0.717, 1.165) is 10.7 Å². The largest absolute Gasteiger partial charge is 0.321 e. The number of hydrogen-bond acceptors (Lipinski definition) is 4. The van der Waals surface area contributed by atoms with Crippen molar-refractivity contribution in [3.8, 4) is 9.88 Å². The lowest BCUT2D eigenvalue weighted by Crippen LogP contribution is -2.31. The highest BCUT2D eigenvalue weighted by Crippen LogP contribution is 2.40. The summed E-state index contributed by atoms with van der Waals surface area (Å²) in [5, 5.41) is 3.17. The summed E-state index contributed by atoms with van der Waals surface area (Å²) >= 11 is 3.45. The van der Waals surface area contributed by atoms with Gasteiger partial charge in [0.1, 0.15) is 5.01 Å². The number of rotatable bonds is 2. The third-order valence-electron chi connectivity index (χ3n) is 2.65. The molecule has 0 unspecified atom stereocenters. The number of nitrogens with two attached hydrogens (primary N) is 1. The molecule has 0 aliphatic carbocycles. The van der Waals surface area contributed by atoms with Gasteiger partial charge in [-0.3, -0.25) is 0 Å². The molecule has 2 rings (SSSR count). The van der Waals surface area contributed by atoms with Crippen molar-refractivity contribution >= 4 is 22.7 Å². The maximum atomic E-state index is 6.29. The van der Waals surface area contributed by atoms with Crippen LogP contribution in [0.15, 0.2) is 17.5 Å². The van der Waals surface area contributed by atoms with Crippen LogP contribution in [0, 0.1) is 0 Å². The minimum atomic E-state index is -0.338. The van der Waals surface area contributed by atoms with Crippen molar-refractivity contribution < 1.29 is 0 Å². The summed E-state index contributed by atoms with van der Waals surface area (Å²) in [6.07, 6.45) is 0. The summed E-state index contributed by atoms with van der Waals surface area (Å²) in [6, 6.07) is 4.18. The predicted molar refractivity (Wildman–Crippen MR) is 81.3 cm³/mol. The second kappa shape index (κ2) is 4.44. The second-order valence-corrected chi connectivity index (χ2v) is 8.09. The van der Waals surface area contributed by atoms with Crippen molar-refractivity contribution in [3.05, 3.63) is 28.1 Å². The zero-order valence-electron chi connectivity index (χ0n) is 11.6. The van der Waals surface area contributed by atoms with E-state index in [4.69, 9.17) is 10.7 Å². The fourth-order valence-corrected chi connectivity index (χ4v) is 3.86. The van der Waals surface area contributed by atoms with E-state index in [-0.39, 0.29) is 11.0 Å². The summed E-state index contributed by atoms with van der Waals surface area (Å²) in [5.74, 6) is 0. The summed E-state index contributed by atoms with van der Waals surface area (Å²) < 4.78 is 0. The van der Waals surface area contributed by atoms with Crippen molar-refractivity contribution in [3.63, 3.8) is 0 Å². The zero-order chi connectivity index (χ0) is 13.6. The highest BCUT2D eigenvalue weighted by molar-refractivity contribution is 7.21. The molecule has 0 spiro atoms. The fraction of sp³-hybridized carbons (Fsp3) is 0.500. The molecule has 2 aromatic heterocycles. The summed E-state index contributed by atoms with van der Waals surface area (Å²) in [4.78, 5) is 7.26. The molecule has 0 saturated heterocycles. The molecule has 2 aromatic rings. The van der Waals surface area contributed by atoms with Gasteiger partial charge < -0.3 is 5.73 Å². The molecule has 18 heavy (non-hydrogen) atoms. The maximum Gasteiger partial charge on any atom is 0.133 e. The number of thiophene rings is 1. The highest BCUT2D eigenvalue weighted by Gasteiger charge is 2.30. The van der Waals surface area contributed by atoms with Crippen LogP contribution >= 0.6 is 22.7 Å². The zero-order valence-corrected chi connectivity index (χ0v) is 13.2. The van der Waals surface area contributed by atoms with Gasteiger partial charge in [-0.15, -0.1) is 22.7 Å². The van der Waals surface area contributed by atoms with Gasteiger partial charge in [0.15, 0.2) is 0 Å². The van der Waals surface area contributed by atoms with E-state index >= 15 is 0 Å². The molecule has 0 atom stereocenters. The maximum absolute atomic E-state index is 6.29. The van der Waals surface area contributed by atoms with Crippen LogP contribution in [0.5, 0.6) is 0 Å². The first-order valence-electron chi connectivity index (χ1n) is 6.04.